The van der Waals surface area contributed by atoms with Crippen molar-refractivity contribution in [1.82, 2.24) is 4.98 Å². The molecule has 0 bridgehead atoms. The van der Waals surface area contributed by atoms with Gasteiger partial charge in [0.15, 0.2) is 5.78 Å². The highest BCUT2D eigenvalue weighted by molar-refractivity contribution is 6.33. The molecule has 100 valence electrons. The minimum absolute atomic E-state index is 0.0471. The molecule has 6 heteroatoms. The van der Waals surface area contributed by atoms with Crippen molar-refractivity contribution < 1.29 is 14.0 Å². The van der Waals surface area contributed by atoms with Crippen LogP contribution in [0.5, 0.6) is 0 Å². The second-order valence-electron chi connectivity index (χ2n) is 4.34. The van der Waals surface area contributed by atoms with Crippen LogP contribution in [0.25, 0.3) is 0 Å². The van der Waals surface area contributed by atoms with Gasteiger partial charge in [-0.1, -0.05) is 17.7 Å². The topological polar surface area (TPSA) is 59.1 Å². The van der Waals surface area contributed by atoms with Crippen molar-refractivity contribution in [2.75, 3.05) is 5.32 Å². The summed E-state index contributed by atoms with van der Waals surface area (Å²) in [6.07, 6.45) is 2.81. The lowest BCUT2D eigenvalue weighted by molar-refractivity contribution is -0.116. The third-order valence-electron chi connectivity index (χ3n) is 3.16. The van der Waals surface area contributed by atoms with Gasteiger partial charge in [0.1, 0.15) is 11.7 Å². The highest BCUT2D eigenvalue weighted by Crippen LogP contribution is 2.35. The summed E-state index contributed by atoms with van der Waals surface area (Å²) in [5, 5.41) is 2.62. The van der Waals surface area contributed by atoms with Crippen LogP contribution < -0.4 is 5.32 Å². The van der Waals surface area contributed by atoms with Gasteiger partial charge >= 0.3 is 0 Å². The molecule has 0 saturated heterocycles. The summed E-state index contributed by atoms with van der Waals surface area (Å²) in [5.41, 5.74) is 0.515. The molecular formula is C14H8ClFN2O2. The molecule has 2 heterocycles. The van der Waals surface area contributed by atoms with E-state index in [0.29, 0.717) is 5.69 Å². The number of Topliss-reactive ketones (excluding diaryl/α,β-unsaturated/α-hetero) is 1. The number of ketones is 1. The van der Waals surface area contributed by atoms with Crippen LogP contribution in [0, 0.1) is 5.82 Å². The largest absolute Gasteiger partial charge is 0.324 e. The summed E-state index contributed by atoms with van der Waals surface area (Å²) in [6, 6.07) is 5.55. The van der Waals surface area contributed by atoms with E-state index in [2.05, 4.69) is 10.3 Å². The minimum atomic E-state index is -1.29. The first-order valence-electron chi connectivity index (χ1n) is 5.82. The average Bonchev–Trinajstić information content (AvgIpc) is 2.42. The van der Waals surface area contributed by atoms with E-state index in [0.717, 1.165) is 0 Å². The fourth-order valence-corrected chi connectivity index (χ4v) is 2.50. The molecule has 1 aliphatic rings. The number of pyridine rings is 1. The highest BCUT2D eigenvalue weighted by Gasteiger charge is 2.38. The van der Waals surface area contributed by atoms with E-state index in [9.17, 15) is 14.0 Å². The molecular weight excluding hydrogens is 283 g/mol. The van der Waals surface area contributed by atoms with E-state index in [1.807, 2.05) is 0 Å². The van der Waals surface area contributed by atoms with Gasteiger partial charge in [-0.2, -0.15) is 0 Å². The number of hydrogen-bond donors (Lipinski definition) is 1. The minimum Gasteiger partial charge on any atom is -0.324 e. The van der Waals surface area contributed by atoms with Gasteiger partial charge in [-0.15, -0.1) is 0 Å². The predicted molar refractivity (Wildman–Crippen MR) is 71.3 cm³/mol. The smallest absolute Gasteiger partial charge is 0.240 e. The van der Waals surface area contributed by atoms with Crippen LogP contribution in [0.2, 0.25) is 5.02 Å². The van der Waals surface area contributed by atoms with E-state index in [1.54, 1.807) is 0 Å². The van der Waals surface area contributed by atoms with Crippen LogP contribution in [0.4, 0.5) is 10.1 Å². The number of rotatable bonds is 1. The molecule has 1 amide bonds. The van der Waals surface area contributed by atoms with Gasteiger partial charge in [0, 0.05) is 23.0 Å². The maximum atomic E-state index is 13.9. The van der Waals surface area contributed by atoms with Gasteiger partial charge in [0.05, 0.1) is 11.3 Å². The molecule has 3 rings (SSSR count). The zero-order chi connectivity index (χ0) is 14.3. The standard InChI is InChI=1S/C14H8ClFN2O2/c15-8-2-1-3-9(16)11(8)12-13(19)7-6-17-5-4-10(7)18-14(12)20/h1-6,12H,(H,18,20). The second kappa shape index (κ2) is 4.68. The highest BCUT2D eigenvalue weighted by atomic mass is 35.5. The van der Waals surface area contributed by atoms with Crippen molar-refractivity contribution in [3.05, 3.63) is 58.6 Å². The quantitative estimate of drug-likeness (QED) is 0.822. The first-order chi connectivity index (χ1) is 9.59. The Morgan fingerprint density at radius 3 is 2.80 bits per heavy atom. The number of nitrogens with zero attached hydrogens (tertiary/aromatic N) is 1. The fourth-order valence-electron chi connectivity index (χ4n) is 2.23. The first-order valence-corrected chi connectivity index (χ1v) is 6.20. The van der Waals surface area contributed by atoms with E-state index >= 15 is 0 Å². The van der Waals surface area contributed by atoms with Crippen LogP contribution in [-0.4, -0.2) is 16.7 Å². The zero-order valence-electron chi connectivity index (χ0n) is 10.1. The van der Waals surface area contributed by atoms with Crippen LogP contribution in [-0.2, 0) is 4.79 Å². The number of hydrogen-bond acceptors (Lipinski definition) is 3. The Kier molecular flexibility index (Phi) is 2.99. The van der Waals surface area contributed by atoms with Crippen molar-refractivity contribution in [2.45, 2.75) is 5.92 Å². The molecule has 4 nitrogen and oxygen atoms in total. The van der Waals surface area contributed by atoms with Gasteiger partial charge < -0.3 is 5.32 Å². The Morgan fingerprint density at radius 2 is 2.05 bits per heavy atom. The van der Waals surface area contributed by atoms with E-state index in [1.165, 1.54) is 36.7 Å². The number of fused-ring (bicyclic) bond motifs is 1. The molecule has 2 aromatic rings. The number of halogens is 2. The van der Waals surface area contributed by atoms with Crippen molar-refractivity contribution in [3.8, 4) is 0 Å². The molecule has 0 saturated carbocycles. The summed E-state index contributed by atoms with van der Waals surface area (Å²) < 4.78 is 13.9. The molecule has 1 aromatic carbocycles. The maximum Gasteiger partial charge on any atom is 0.240 e. The van der Waals surface area contributed by atoms with Gasteiger partial charge in [-0.05, 0) is 18.2 Å². The van der Waals surface area contributed by atoms with Crippen molar-refractivity contribution >= 4 is 29.0 Å². The monoisotopic (exact) mass is 290 g/mol. The Balaban J connectivity index is 2.17. The summed E-state index contributed by atoms with van der Waals surface area (Å²) >= 11 is 5.93. The Morgan fingerprint density at radius 1 is 1.25 bits per heavy atom. The summed E-state index contributed by atoms with van der Waals surface area (Å²) in [4.78, 5) is 28.3. The lowest BCUT2D eigenvalue weighted by Crippen LogP contribution is -2.34. The molecule has 0 aliphatic carbocycles. The number of nitrogens with one attached hydrogen (secondary N) is 1. The Bertz CT molecular complexity index is 713. The van der Waals surface area contributed by atoms with Crippen molar-refractivity contribution in [2.24, 2.45) is 0 Å². The average molecular weight is 291 g/mol. The number of anilines is 1. The molecule has 1 N–H and O–H groups in total. The Hall–Kier alpha value is -2.27. The molecule has 20 heavy (non-hydrogen) atoms. The van der Waals surface area contributed by atoms with Crippen LogP contribution in [0.1, 0.15) is 21.8 Å². The number of carbonyl (C=O) groups is 2. The lowest BCUT2D eigenvalue weighted by Gasteiger charge is -2.24. The third-order valence-corrected chi connectivity index (χ3v) is 3.49. The number of aromatic nitrogens is 1. The maximum absolute atomic E-state index is 13.9. The van der Waals surface area contributed by atoms with Gasteiger partial charge in [-0.3, -0.25) is 14.6 Å². The van der Waals surface area contributed by atoms with Gasteiger partial charge in [0.25, 0.3) is 0 Å². The second-order valence-corrected chi connectivity index (χ2v) is 4.75. The summed E-state index contributed by atoms with van der Waals surface area (Å²) in [7, 11) is 0. The first kappa shape index (κ1) is 12.7. The van der Waals surface area contributed by atoms with Gasteiger partial charge in [-0.25, -0.2) is 4.39 Å². The van der Waals surface area contributed by atoms with Crippen LogP contribution >= 0.6 is 11.6 Å². The number of amides is 1. The predicted octanol–water partition coefficient (Wildman–Crippen LogP) is 2.79. The van der Waals surface area contributed by atoms with Crippen LogP contribution in [0.15, 0.2) is 36.7 Å². The van der Waals surface area contributed by atoms with E-state index in [-0.39, 0.29) is 16.1 Å². The van der Waals surface area contributed by atoms with E-state index < -0.39 is 23.4 Å². The molecule has 1 atom stereocenters. The molecule has 0 fully saturated rings. The molecule has 1 aliphatic heterocycles. The summed E-state index contributed by atoms with van der Waals surface area (Å²) in [6.45, 7) is 0. The zero-order valence-corrected chi connectivity index (χ0v) is 10.8. The molecule has 1 unspecified atom stereocenters. The normalized spacial score (nSPS) is 17.6. The van der Waals surface area contributed by atoms with Crippen molar-refractivity contribution in [1.29, 1.82) is 0 Å². The number of carbonyl (C=O) groups excluding carboxylic acids is 2. The van der Waals surface area contributed by atoms with E-state index in [4.69, 9.17) is 11.6 Å². The van der Waals surface area contributed by atoms with Gasteiger partial charge in [0.2, 0.25) is 5.91 Å². The lowest BCUT2D eigenvalue weighted by atomic mass is 9.86. The molecule has 0 radical (unpaired) electrons. The molecule has 0 spiro atoms. The fraction of sp³-hybridized carbons (Fsp3) is 0.0714. The molecule has 1 aromatic heterocycles. The third kappa shape index (κ3) is 1.87. The van der Waals surface area contributed by atoms with Crippen LogP contribution in [0.3, 0.4) is 0 Å². The SMILES string of the molecule is O=C1Nc2ccncc2C(=O)C1c1c(F)cccc1Cl. The van der Waals surface area contributed by atoms with Crippen molar-refractivity contribution in [3.63, 3.8) is 0 Å². The number of benzene rings is 1. The Labute approximate surface area is 118 Å². The summed E-state index contributed by atoms with van der Waals surface area (Å²) in [5.74, 6) is -3.08.